The number of halogens is 1. The third-order valence-corrected chi connectivity index (χ3v) is 4.50. The quantitative estimate of drug-likeness (QED) is 0.575. The zero-order chi connectivity index (χ0) is 16.8. The van der Waals surface area contributed by atoms with Crippen molar-refractivity contribution < 1.29 is 0 Å². The Bertz CT molecular complexity index is 1130. The summed E-state index contributed by atoms with van der Waals surface area (Å²) in [7, 11) is 1.95. The summed E-state index contributed by atoms with van der Waals surface area (Å²) in [4.78, 5) is 18.7. The number of aromatic nitrogens is 4. The summed E-state index contributed by atoms with van der Waals surface area (Å²) in [6.45, 7) is 1.99. The molecule has 120 valence electrons. The maximum atomic E-state index is 12.1. The maximum absolute atomic E-state index is 12.1. The highest BCUT2D eigenvalue weighted by Gasteiger charge is 2.16. The van der Waals surface area contributed by atoms with Crippen molar-refractivity contribution >= 4 is 44.1 Å². The number of aryl methyl sites for hydroxylation is 1. The van der Waals surface area contributed by atoms with E-state index in [0.717, 1.165) is 32.4 Å². The Balaban J connectivity index is 2.05. The SMILES string of the molecule is Cc1ccc2c(N(C)c3cccc(Br)c3)nc3n[nH]c(=O)n3c2c1. The molecule has 2 aromatic heterocycles. The Morgan fingerprint density at radius 2 is 2.04 bits per heavy atom. The van der Waals surface area contributed by atoms with Gasteiger partial charge < -0.3 is 4.90 Å². The van der Waals surface area contributed by atoms with Gasteiger partial charge in [-0.25, -0.2) is 14.3 Å². The predicted molar refractivity (Wildman–Crippen MR) is 98.1 cm³/mol. The molecule has 0 aliphatic carbocycles. The minimum absolute atomic E-state index is 0.287. The van der Waals surface area contributed by atoms with Crippen molar-refractivity contribution in [1.82, 2.24) is 19.6 Å². The van der Waals surface area contributed by atoms with Crippen LogP contribution in [0.25, 0.3) is 16.7 Å². The number of H-pyrrole nitrogens is 1. The maximum Gasteiger partial charge on any atom is 0.349 e. The number of benzene rings is 2. The summed E-state index contributed by atoms with van der Waals surface area (Å²) in [6, 6.07) is 13.9. The largest absolute Gasteiger partial charge is 0.349 e. The van der Waals surface area contributed by atoms with E-state index in [9.17, 15) is 4.79 Å². The van der Waals surface area contributed by atoms with E-state index in [-0.39, 0.29) is 5.69 Å². The molecule has 0 fully saturated rings. The number of nitrogens with zero attached hydrogens (tertiary/aromatic N) is 4. The van der Waals surface area contributed by atoms with E-state index in [1.54, 1.807) is 0 Å². The van der Waals surface area contributed by atoms with E-state index < -0.39 is 0 Å². The predicted octanol–water partition coefficient (Wildman–Crippen LogP) is 3.41. The Morgan fingerprint density at radius 3 is 2.83 bits per heavy atom. The highest BCUT2D eigenvalue weighted by Crippen LogP contribution is 2.31. The molecule has 0 unspecified atom stereocenters. The second-order valence-electron chi connectivity index (χ2n) is 5.66. The van der Waals surface area contributed by atoms with Crippen LogP contribution in [0.1, 0.15) is 5.56 Å². The van der Waals surface area contributed by atoms with Crippen molar-refractivity contribution in [2.75, 3.05) is 11.9 Å². The van der Waals surface area contributed by atoms with Gasteiger partial charge in [0, 0.05) is 22.6 Å². The number of nitrogens with one attached hydrogen (secondary N) is 1. The molecule has 2 aromatic carbocycles. The Hall–Kier alpha value is -2.67. The lowest BCUT2D eigenvalue weighted by atomic mass is 10.1. The fraction of sp³-hybridized carbons (Fsp3) is 0.118. The van der Waals surface area contributed by atoms with E-state index in [2.05, 4.69) is 31.1 Å². The van der Waals surface area contributed by atoms with Crippen molar-refractivity contribution in [3.8, 4) is 0 Å². The summed E-state index contributed by atoms with van der Waals surface area (Å²) < 4.78 is 2.49. The van der Waals surface area contributed by atoms with E-state index in [1.807, 2.05) is 61.3 Å². The topological polar surface area (TPSA) is 66.3 Å². The van der Waals surface area contributed by atoms with Crippen LogP contribution < -0.4 is 10.6 Å². The van der Waals surface area contributed by atoms with Crippen molar-refractivity contribution in [2.24, 2.45) is 0 Å². The summed E-state index contributed by atoms with van der Waals surface area (Å²) in [5, 5.41) is 7.39. The first kappa shape index (κ1) is 14.9. The van der Waals surface area contributed by atoms with Gasteiger partial charge in [-0.05, 0) is 42.8 Å². The lowest BCUT2D eigenvalue weighted by Crippen LogP contribution is -2.16. The molecule has 0 aliphatic rings. The average molecular weight is 384 g/mol. The van der Waals surface area contributed by atoms with E-state index in [4.69, 9.17) is 0 Å². The molecule has 6 nitrogen and oxygen atoms in total. The van der Waals surface area contributed by atoms with Crippen LogP contribution in [-0.4, -0.2) is 26.6 Å². The molecule has 0 spiro atoms. The fourth-order valence-corrected chi connectivity index (χ4v) is 3.20. The molecular formula is C17H14BrN5O. The van der Waals surface area contributed by atoms with Gasteiger partial charge in [-0.1, -0.05) is 28.1 Å². The molecule has 0 aliphatic heterocycles. The monoisotopic (exact) mass is 383 g/mol. The molecule has 7 heteroatoms. The van der Waals surface area contributed by atoms with Gasteiger partial charge in [-0.3, -0.25) is 0 Å². The normalized spacial score (nSPS) is 11.3. The summed E-state index contributed by atoms with van der Waals surface area (Å²) in [5.74, 6) is 1.10. The average Bonchev–Trinajstić information content (AvgIpc) is 2.94. The molecule has 0 radical (unpaired) electrons. The van der Waals surface area contributed by atoms with E-state index >= 15 is 0 Å². The van der Waals surface area contributed by atoms with Gasteiger partial charge in [0.15, 0.2) is 0 Å². The second-order valence-corrected chi connectivity index (χ2v) is 6.57. The lowest BCUT2D eigenvalue weighted by Gasteiger charge is -2.20. The van der Waals surface area contributed by atoms with Crippen LogP contribution >= 0.6 is 15.9 Å². The van der Waals surface area contributed by atoms with E-state index in [1.165, 1.54) is 4.40 Å². The zero-order valence-electron chi connectivity index (χ0n) is 13.1. The molecule has 0 saturated heterocycles. The smallest absolute Gasteiger partial charge is 0.329 e. The van der Waals surface area contributed by atoms with Crippen LogP contribution in [-0.2, 0) is 0 Å². The van der Waals surface area contributed by atoms with Crippen LogP contribution in [0.4, 0.5) is 11.5 Å². The van der Waals surface area contributed by atoms with Crippen LogP contribution in [0.15, 0.2) is 51.7 Å². The van der Waals surface area contributed by atoms with Crippen LogP contribution in [0.5, 0.6) is 0 Å². The van der Waals surface area contributed by atoms with Crippen LogP contribution in [0.2, 0.25) is 0 Å². The molecule has 24 heavy (non-hydrogen) atoms. The molecule has 4 aromatic rings. The Morgan fingerprint density at radius 1 is 1.21 bits per heavy atom. The molecule has 0 amide bonds. The fourth-order valence-electron chi connectivity index (χ4n) is 2.81. The van der Waals surface area contributed by atoms with Gasteiger partial charge in [0.25, 0.3) is 5.78 Å². The standard InChI is InChI=1S/C17H14BrN5O/c1-10-6-7-13-14(8-10)23-16(20-21-17(23)24)19-15(13)22(2)12-5-3-4-11(18)9-12/h3-9H,1-2H3,(H,21,24). The summed E-state index contributed by atoms with van der Waals surface area (Å²) in [5.41, 5.74) is 2.56. The zero-order valence-corrected chi connectivity index (χ0v) is 14.7. The van der Waals surface area contributed by atoms with Gasteiger partial charge in [0.1, 0.15) is 5.82 Å². The lowest BCUT2D eigenvalue weighted by molar-refractivity contribution is 1.04. The molecule has 0 bridgehead atoms. The summed E-state index contributed by atoms with van der Waals surface area (Å²) >= 11 is 3.50. The number of rotatable bonds is 2. The Kier molecular flexibility index (Phi) is 3.38. The first-order valence-corrected chi connectivity index (χ1v) is 8.21. The van der Waals surface area contributed by atoms with Crippen molar-refractivity contribution in [3.63, 3.8) is 0 Å². The molecule has 1 N–H and O–H groups in total. The highest BCUT2D eigenvalue weighted by atomic mass is 79.9. The van der Waals surface area contributed by atoms with Crippen LogP contribution in [0.3, 0.4) is 0 Å². The molecule has 0 atom stereocenters. The van der Waals surface area contributed by atoms with Gasteiger partial charge >= 0.3 is 5.69 Å². The number of hydrogen-bond acceptors (Lipinski definition) is 4. The highest BCUT2D eigenvalue weighted by molar-refractivity contribution is 9.10. The summed E-state index contributed by atoms with van der Waals surface area (Å²) in [6.07, 6.45) is 0. The van der Waals surface area contributed by atoms with Gasteiger partial charge in [-0.15, -0.1) is 5.10 Å². The van der Waals surface area contributed by atoms with E-state index in [0.29, 0.717) is 5.78 Å². The van der Waals surface area contributed by atoms with Crippen molar-refractivity contribution in [2.45, 2.75) is 6.92 Å². The minimum atomic E-state index is -0.287. The third kappa shape index (κ3) is 2.28. The number of aromatic amines is 1. The van der Waals surface area contributed by atoms with Crippen molar-refractivity contribution in [1.29, 1.82) is 0 Å². The molecule has 4 rings (SSSR count). The van der Waals surface area contributed by atoms with Crippen LogP contribution in [0, 0.1) is 6.92 Å². The minimum Gasteiger partial charge on any atom is -0.329 e. The van der Waals surface area contributed by atoms with Gasteiger partial charge in [0.2, 0.25) is 0 Å². The number of hydrogen-bond donors (Lipinski definition) is 1. The first-order chi connectivity index (χ1) is 11.5. The van der Waals surface area contributed by atoms with Gasteiger partial charge in [-0.2, -0.15) is 4.98 Å². The second kappa shape index (κ2) is 5.45. The number of fused-ring (bicyclic) bond motifs is 3. The molecule has 2 heterocycles. The molecule has 0 saturated carbocycles. The Labute approximate surface area is 145 Å². The first-order valence-electron chi connectivity index (χ1n) is 7.41. The third-order valence-electron chi connectivity index (χ3n) is 4.01. The van der Waals surface area contributed by atoms with Gasteiger partial charge in [0.05, 0.1) is 5.52 Å². The molecular weight excluding hydrogens is 370 g/mol. The van der Waals surface area contributed by atoms with Crippen molar-refractivity contribution in [3.05, 3.63) is 63.0 Å². The number of anilines is 2.